The topological polar surface area (TPSA) is 60.2 Å². The average Bonchev–Trinajstić information content (AvgIpc) is 2.69. The van der Waals surface area contributed by atoms with E-state index in [1.807, 2.05) is 19.1 Å². The molecule has 0 unspecified atom stereocenters. The van der Waals surface area contributed by atoms with Crippen molar-refractivity contribution in [2.45, 2.75) is 38.7 Å². The minimum Gasteiger partial charge on any atom is -0.312 e. The number of pyridine rings is 1. The third kappa shape index (κ3) is 4.05. The molecule has 1 aromatic heterocycles. The molecule has 2 aliphatic heterocycles. The van der Waals surface area contributed by atoms with Gasteiger partial charge in [0.05, 0.1) is 23.6 Å². The fourth-order valence-corrected chi connectivity index (χ4v) is 4.86. The lowest BCUT2D eigenvalue weighted by Crippen LogP contribution is -2.61. The highest BCUT2D eigenvalue weighted by molar-refractivity contribution is 5.98. The Hall–Kier alpha value is -2.85. The van der Waals surface area contributed by atoms with E-state index in [9.17, 15) is 13.6 Å². The van der Waals surface area contributed by atoms with Crippen LogP contribution in [0, 0.1) is 23.7 Å². The Bertz CT molecular complexity index is 1000. The van der Waals surface area contributed by atoms with E-state index < -0.39 is 17.8 Å². The molecule has 0 N–H and O–H groups in total. The number of hydrogen-bond acceptors (Lipinski definition) is 4. The van der Waals surface area contributed by atoms with Gasteiger partial charge in [0.2, 0.25) is 5.91 Å². The zero-order chi connectivity index (χ0) is 21.4. The lowest BCUT2D eigenvalue weighted by Gasteiger charge is -2.49. The highest BCUT2D eigenvalue weighted by Crippen LogP contribution is 2.46. The quantitative estimate of drug-likeness (QED) is 0.770. The molecule has 4 rings (SSSR count). The number of hydrogen-bond donors (Lipinski definition) is 0. The van der Waals surface area contributed by atoms with E-state index in [2.05, 4.69) is 11.1 Å². The average molecular weight is 410 g/mol. The molecule has 2 saturated heterocycles. The smallest absolute Gasteiger partial charge is 0.261 e. The Morgan fingerprint density at radius 2 is 2.07 bits per heavy atom. The highest BCUT2D eigenvalue weighted by Gasteiger charge is 2.55. The summed E-state index contributed by atoms with van der Waals surface area (Å²) in [6.45, 7) is 2.65. The monoisotopic (exact) mass is 410 g/mol. The molecular weight excluding hydrogens is 386 g/mol. The summed E-state index contributed by atoms with van der Waals surface area (Å²) in [6, 6.07) is 12.6. The van der Waals surface area contributed by atoms with Gasteiger partial charge in [0, 0.05) is 43.6 Å². The van der Waals surface area contributed by atoms with Crippen molar-refractivity contribution in [1.29, 1.82) is 5.26 Å². The van der Waals surface area contributed by atoms with E-state index in [4.69, 9.17) is 5.26 Å². The molecule has 0 aliphatic carbocycles. The second-order valence-corrected chi connectivity index (χ2v) is 8.49. The van der Waals surface area contributed by atoms with Crippen LogP contribution in [-0.4, -0.2) is 41.3 Å². The molecule has 3 heterocycles. The van der Waals surface area contributed by atoms with Crippen LogP contribution in [0.5, 0.6) is 0 Å². The predicted octanol–water partition coefficient (Wildman–Crippen LogP) is 3.92. The Morgan fingerprint density at radius 1 is 1.23 bits per heavy atom. The molecule has 5 nitrogen and oxygen atoms in total. The SMILES string of the molecule is Cc1cc(CN2CC(F)(F)C[C@@]3(CCCN(c4cccc(C#N)c4)C3=O)C2)ccn1. The number of piperidine rings is 2. The lowest BCUT2D eigenvalue weighted by atomic mass is 9.71. The normalized spacial score (nSPS) is 24.1. The minimum atomic E-state index is -2.94. The number of aryl methyl sites for hydroxylation is 1. The molecule has 1 spiro atoms. The van der Waals surface area contributed by atoms with Crippen LogP contribution >= 0.6 is 0 Å². The number of amides is 1. The summed E-state index contributed by atoms with van der Waals surface area (Å²) < 4.78 is 29.6. The maximum absolute atomic E-state index is 14.8. The van der Waals surface area contributed by atoms with Crippen LogP contribution in [0.1, 0.15) is 36.1 Å². The number of nitrogens with zero attached hydrogens (tertiary/aromatic N) is 4. The standard InChI is InChI=1S/C23H24F2N4O/c1-17-10-19(6-8-27-17)13-28-15-22(14-23(24,25)16-28)7-3-9-29(21(22)30)20-5-2-4-18(11-20)12-26/h2,4-6,8,10-11H,3,7,9,13-16H2,1H3/t22-/m0/s1. The molecular formula is C23H24F2N4O. The first kappa shape index (κ1) is 20.4. The summed E-state index contributed by atoms with van der Waals surface area (Å²) in [5, 5.41) is 9.17. The van der Waals surface area contributed by atoms with Crippen LogP contribution in [0.15, 0.2) is 42.6 Å². The lowest BCUT2D eigenvalue weighted by molar-refractivity contribution is -0.155. The Morgan fingerprint density at radius 3 is 2.83 bits per heavy atom. The number of anilines is 1. The molecule has 0 bridgehead atoms. The second kappa shape index (κ2) is 7.77. The van der Waals surface area contributed by atoms with Crippen molar-refractivity contribution >= 4 is 11.6 Å². The Kier molecular flexibility index (Phi) is 5.29. The fourth-order valence-electron chi connectivity index (χ4n) is 4.86. The van der Waals surface area contributed by atoms with Crippen LogP contribution in [0.4, 0.5) is 14.5 Å². The largest absolute Gasteiger partial charge is 0.312 e. The number of carbonyl (C=O) groups excluding carboxylic acids is 1. The van der Waals surface area contributed by atoms with Gasteiger partial charge >= 0.3 is 0 Å². The summed E-state index contributed by atoms with van der Waals surface area (Å²) in [6.07, 6.45) is 2.35. The number of carbonyl (C=O) groups is 1. The molecule has 156 valence electrons. The third-order valence-electron chi connectivity index (χ3n) is 5.97. The number of halogens is 2. The molecule has 30 heavy (non-hydrogen) atoms. The third-order valence-corrected chi connectivity index (χ3v) is 5.97. The predicted molar refractivity (Wildman–Crippen MR) is 109 cm³/mol. The Balaban J connectivity index is 1.62. The minimum absolute atomic E-state index is 0.265. The first-order valence-electron chi connectivity index (χ1n) is 10.1. The van der Waals surface area contributed by atoms with Gasteiger partial charge in [-0.3, -0.25) is 14.7 Å². The van der Waals surface area contributed by atoms with Gasteiger partial charge in [0.15, 0.2) is 0 Å². The van der Waals surface area contributed by atoms with Gasteiger partial charge in [-0.15, -0.1) is 0 Å². The van der Waals surface area contributed by atoms with Crippen molar-refractivity contribution in [3.05, 3.63) is 59.4 Å². The number of nitriles is 1. The van der Waals surface area contributed by atoms with E-state index in [-0.39, 0.29) is 12.5 Å². The molecule has 1 amide bonds. The highest BCUT2D eigenvalue weighted by atomic mass is 19.3. The van der Waals surface area contributed by atoms with Gasteiger partial charge in [0.25, 0.3) is 5.92 Å². The molecule has 0 radical (unpaired) electrons. The number of benzene rings is 1. The van der Waals surface area contributed by atoms with E-state index in [1.54, 1.807) is 40.3 Å². The molecule has 2 aromatic rings. The molecule has 2 aliphatic rings. The van der Waals surface area contributed by atoms with Crippen LogP contribution < -0.4 is 4.90 Å². The summed E-state index contributed by atoms with van der Waals surface area (Å²) >= 11 is 0. The second-order valence-electron chi connectivity index (χ2n) is 8.49. The Labute approximate surface area is 174 Å². The van der Waals surface area contributed by atoms with Crippen molar-refractivity contribution < 1.29 is 13.6 Å². The van der Waals surface area contributed by atoms with Crippen molar-refractivity contribution in [3.8, 4) is 6.07 Å². The number of alkyl halides is 2. The van der Waals surface area contributed by atoms with Crippen molar-refractivity contribution in [1.82, 2.24) is 9.88 Å². The summed E-state index contributed by atoms with van der Waals surface area (Å²) in [5.41, 5.74) is 1.68. The zero-order valence-corrected chi connectivity index (χ0v) is 16.9. The van der Waals surface area contributed by atoms with E-state index in [1.165, 1.54) is 0 Å². The van der Waals surface area contributed by atoms with Crippen molar-refractivity contribution in [3.63, 3.8) is 0 Å². The van der Waals surface area contributed by atoms with E-state index in [0.717, 1.165) is 11.3 Å². The number of rotatable bonds is 3. The van der Waals surface area contributed by atoms with Gasteiger partial charge in [-0.2, -0.15) is 5.26 Å². The maximum atomic E-state index is 14.8. The van der Waals surface area contributed by atoms with E-state index >= 15 is 0 Å². The summed E-state index contributed by atoms with van der Waals surface area (Å²) in [5.74, 6) is -3.20. The van der Waals surface area contributed by atoms with Gasteiger partial charge in [-0.1, -0.05) is 6.07 Å². The van der Waals surface area contributed by atoms with Gasteiger partial charge in [-0.05, 0) is 55.7 Å². The molecule has 1 atom stereocenters. The number of likely N-dealkylation sites (tertiary alicyclic amines) is 1. The van der Waals surface area contributed by atoms with Crippen molar-refractivity contribution in [2.24, 2.45) is 5.41 Å². The molecule has 1 aromatic carbocycles. The van der Waals surface area contributed by atoms with Gasteiger partial charge in [0.1, 0.15) is 0 Å². The van der Waals surface area contributed by atoms with E-state index in [0.29, 0.717) is 43.7 Å². The molecule has 2 fully saturated rings. The maximum Gasteiger partial charge on any atom is 0.261 e. The summed E-state index contributed by atoms with van der Waals surface area (Å²) in [7, 11) is 0. The van der Waals surface area contributed by atoms with Crippen molar-refractivity contribution in [2.75, 3.05) is 24.5 Å². The van der Waals surface area contributed by atoms with Crippen LogP contribution in [0.3, 0.4) is 0 Å². The first-order valence-corrected chi connectivity index (χ1v) is 10.1. The van der Waals surface area contributed by atoms with Crippen LogP contribution in [0.25, 0.3) is 0 Å². The fraction of sp³-hybridized carbons (Fsp3) is 0.435. The number of aromatic nitrogens is 1. The molecule has 7 heteroatoms. The summed E-state index contributed by atoms with van der Waals surface area (Å²) in [4.78, 5) is 21.0. The first-order chi connectivity index (χ1) is 14.3. The van der Waals surface area contributed by atoms with Crippen LogP contribution in [0.2, 0.25) is 0 Å². The van der Waals surface area contributed by atoms with Gasteiger partial charge in [-0.25, -0.2) is 8.78 Å². The zero-order valence-electron chi connectivity index (χ0n) is 16.9. The molecule has 0 saturated carbocycles. The van der Waals surface area contributed by atoms with Crippen LogP contribution in [-0.2, 0) is 11.3 Å². The van der Waals surface area contributed by atoms with Gasteiger partial charge < -0.3 is 4.90 Å².